The molecule has 4 rings (SSSR count). The number of carbonyl (C=O) groups is 4. The van der Waals surface area contributed by atoms with Gasteiger partial charge < -0.3 is 15.1 Å². The van der Waals surface area contributed by atoms with Crippen LogP contribution in [-0.4, -0.2) is 83.1 Å². The fourth-order valence-corrected chi connectivity index (χ4v) is 7.42. The molecule has 3 N–H and O–H groups in total. The van der Waals surface area contributed by atoms with E-state index in [1.54, 1.807) is 0 Å². The van der Waals surface area contributed by atoms with E-state index in [0.717, 1.165) is 16.7 Å². The van der Waals surface area contributed by atoms with Crippen molar-refractivity contribution in [2.24, 2.45) is 5.41 Å². The minimum absolute atomic E-state index is 0.0441. The highest BCUT2D eigenvalue weighted by Crippen LogP contribution is 2.46. The van der Waals surface area contributed by atoms with Crippen LogP contribution in [-0.2, 0) is 25.7 Å². The number of nitrogens with zero attached hydrogens (tertiary/aromatic N) is 4. The molecule has 0 spiro atoms. The summed E-state index contributed by atoms with van der Waals surface area (Å²) in [5.41, 5.74) is -2.77. The van der Waals surface area contributed by atoms with Crippen molar-refractivity contribution in [3.63, 3.8) is 0 Å². The molecule has 2 aromatic rings. The third kappa shape index (κ3) is 5.56. The van der Waals surface area contributed by atoms with Gasteiger partial charge in [0.05, 0.1) is 0 Å². The van der Waals surface area contributed by atoms with Gasteiger partial charge in [0.2, 0.25) is 11.8 Å². The van der Waals surface area contributed by atoms with Gasteiger partial charge in [-0.05, 0) is 30.7 Å². The van der Waals surface area contributed by atoms with Gasteiger partial charge in [-0.3, -0.25) is 38.2 Å². The Hall–Kier alpha value is -3.30. The zero-order chi connectivity index (χ0) is 28.5. The van der Waals surface area contributed by atoms with Crippen molar-refractivity contribution in [1.82, 2.24) is 19.7 Å². The fourth-order valence-electron chi connectivity index (χ4n) is 4.41. The second-order valence-corrected chi connectivity index (χ2v) is 11.6. The highest BCUT2D eigenvalue weighted by Gasteiger charge is 2.59. The number of hydrogen-bond donors (Lipinski definition) is 3. The van der Waals surface area contributed by atoms with Crippen molar-refractivity contribution in [2.45, 2.75) is 42.9 Å². The quantitative estimate of drug-likeness (QED) is 0.153. The van der Waals surface area contributed by atoms with Crippen LogP contribution in [0.4, 0.5) is 5.69 Å². The van der Waals surface area contributed by atoms with Crippen LogP contribution in [0.1, 0.15) is 19.8 Å². The molecule has 2 aliphatic rings. The number of aliphatic carboxylic acids is 2. The number of nitrogens with one attached hydrogen (secondary N) is 1. The molecule has 0 radical (unpaired) electrons. The molecule has 0 aliphatic carbocycles. The highest BCUT2D eigenvalue weighted by atomic mass is 35.5. The van der Waals surface area contributed by atoms with Crippen molar-refractivity contribution in [3.8, 4) is 0 Å². The van der Waals surface area contributed by atoms with E-state index >= 15 is 0 Å². The fraction of sp³-hybridized carbons (Fsp3) is 0.435. The lowest BCUT2D eigenvalue weighted by molar-refractivity contribution is -0.156. The van der Waals surface area contributed by atoms with Crippen molar-refractivity contribution < 1.29 is 29.4 Å². The van der Waals surface area contributed by atoms with Gasteiger partial charge >= 0.3 is 23.1 Å². The number of fused-ring (bicyclic) bond motifs is 1. The number of carboxylic acids is 2. The van der Waals surface area contributed by atoms with Crippen LogP contribution in [0.15, 0.2) is 39.0 Å². The number of anilines is 1. The molecular formula is C23H24ClN5O8S2. The Kier molecular flexibility index (Phi) is 8.42. The van der Waals surface area contributed by atoms with Crippen LogP contribution in [0.3, 0.4) is 0 Å². The van der Waals surface area contributed by atoms with Crippen molar-refractivity contribution in [1.29, 1.82) is 0 Å². The normalized spacial score (nSPS) is 22.1. The Bertz CT molecular complexity index is 1430. The Morgan fingerprint density at radius 2 is 1.92 bits per heavy atom. The molecule has 3 heterocycles. The zero-order valence-electron chi connectivity index (χ0n) is 20.5. The summed E-state index contributed by atoms with van der Waals surface area (Å²) in [7, 11) is 0. The molecule has 16 heteroatoms. The molecule has 0 saturated carbocycles. The molecular weight excluding hydrogens is 574 g/mol. The third-order valence-electron chi connectivity index (χ3n) is 6.37. The predicted molar refractivity (Wildman–Crippen MR) is 143 cm³/mol. The molecule has 208 valence electrons. The van der Waals surface area contributed by atoms with Crippen LogP contribution in [0.5, 0.6) is 0 Å². The SMILES string of the molecule is CCCn1c(SCC2(C(=O)O)CS[C@@H]3C(N(C(=O)CC(=O)O)c4ccc(Cl)cc4)C(=O)N3C2)n[nH]c(=O)c1=O. The first-order chi connectivity index (χ1) is 18.5. The summed E-state index contributed by atoms with van der Waals surface area (Å²) in [4.78, 5) is 76.4. The van der Waals surface area contributed by atoms with E-state index in [9.17, 15) is 39.0 Å². The van der Waals surface area contributed by atoms with Crippen LogP contribution in [0.2, 0.25) is 5.02 Å². The maximum absolute atomic E-state index is 13.3. The molecule has 2 saturated heterocycles. The van der Waals surface area contributed by atoms with Gasteiger partial charge in [0, 0.05) is 35.3 Å². The number of hydrogen-bond acceptors (Lipinski definition) is 9. The first kappa shape index (κ1) is 28.7. The summed E-state index contributed by atoms with van der Waals surface area (Å²) >= 11 is 8.12. The van der Waals surface area contributed by atoms with Crippen molar-refractivity contribution >= 4 is 64.6 Å². The van der Waals surface area contributed by atoms with Crippen LogP contribution in [0.25, 0.3) is 0 Å². The Morgan fingerprint density at radius 1 is 1.23 bits per heavy atom. The Labute approximate surface area is 234 Å². The third-order valence-corrected chi connectivity index (χ3v) is 9.46. The molecule has 2 amide bonds. The monoisotopic (exact) mass is 597 g/mol. The maximum Gasteiger partial charge on any atom is 0.330 e. The summed E-state index contributed by atoms with van der Waals surface area (Å²) in [5.74, 6) is -3.77. The number of carbonyl (C=O) groups excluding carboxylic acids is 2. The van der Waals surface area contributed by atoms with Crippen LogP contribution >= 0.6 is 35.1 Å². The number of rotatable bonds is 10. The molecule has 2 unspecified atom stereocenters. The number of aromatic nitrogens is 3. The zero-order valence-corrected chi connectivity index (χ0v) is 22.9. The average molecular weight is 598 g/mol. The van der Waals surface area contributed by atoms with Gasteiger partial charge in [-0.25, -0.2) is 5.10 Å². The van der Waals surface area contributed by atoms with Gasteiger partial charge in [0.25, 0.3) is 0 Å². The summed E-state index contributed by atoms with van der Waals surface area (Å²) in [6, 6.07) is 5.04. The standard InChI is InChI=1S/C23H24ClN5O8S2/c1-2-7-27-19(35)17(33)25-26-22(27)39-11-23(21(36)37)9-28-18(34)16(20(28)38-10-23)29(14(30)8-15(31)32)13-5-3-12(24)4-6-13/h3-6,16,20H,2,7-11H2,1H3,(H,25,33)(H,31,32)(H,36,37)/t16?,20-,23?/m1/s1. The average Bonchev–Trinajstić information content (AvgIpc) is 2.89. The van der Waals surface area contributed by atoms with E-state index in [1.165, 1.54) is 45.5 Å². The van der Waals surface area contributed by atoms with Crippen molar-refractivity contribution in [2.75, 3.05) is 23.0 Å². The molecule has 1 aromatic carbocycles. The molecule has 39 heavy (non-hydrogen) atoms. The summed E-state index contributed by atoms with van der Waals surface area (Å²) < 4.78 is 1.20. The topological polar surface area (TPSA) is 183 Å². The van der Waals surface area contributed by atoms with Gasteiger partial charge in [-0.1, -0.05) is 30.3 Å². The number of aromatic amines is 1. The summed E-state index contributed by atoms with van der Waals surface area (Å²) in [6.07, 6.45) is -0.278. The number of H-pyrrole nitrogens is 1. The minimum atomic E-state index is -1.41. The largest absolute Gasteiger partial charge is 0.481 e. The van der Waals surface area contributed by atoms with Crippen LogP contribution < -0.4 is 16.0 Å². The van der Waals surface area contributed by atoms with Gasteiger partial charge in [-0.2, -0.15) is 0 Å². The van der Waals surface area contributed by atoms with E-state index in [-0.39, 0.29) is 29.8 Å². The Morgan fingerprint density at radius 3 is 2.54 bits per heavy atom. The number of benzene rings is 1. The first-order valence-electron chi connectivity index (χ1n) is 11.8. The number of halogens is 1. The van der Waals surface area contributed by atoms with E-state index in [4.69, 9.17) is 11.6 Å². The van der Waals surface area contributed by atoms with Gasteiger partial charge in [0.15, 0.2) is 5.16 Å². The lowest BCUT2D eigenvalue weighted by Crippen LogP contribution is -2.74. The van der Waals surface area contributed by atoms with Gasteiger partial charge in [-0.15, -0.1) is 16.9 Å². The van der Waals surface area contributed by atoms with Gasteiger partial charge in [0.1, 0.15) is 23.3 Å². The predicted octanol–water partition coefficient (Wildman–Crippen LogP) is 0.950. The number of β-lactam (4-membered cyclic amide) rings is 1. The molecule has 13 nitrogen and oxygen atoms in total. The second-order valence-electron chi connectivity index (χ2n) is 9.09. The Balaban J connectivity index is 1.57. The molecule has 3 atom stereocenters. The van der Waals surface area contributed by atoms with E-state index in [0.29, 0.717) is 17.1 Å². The first-order valence-corrected chi connectivity index (χ1v) is 14.2. The number of thioether (sulfide) groups is 2. The molecule has 1 aromatic heterocycles. The summed E-state index contributed by atoms with van der Waals surface area (Å²) in [6.45, 7) is 1.89. The maximum atomic E-state index is 13.3. The van der Waals surface area contributed by atoms with E-state index in [1.807, 2.05) is 6.92 Å². The van der Waals surface area contributed by atoms with E-state index < -0.39 is 58.1 Å². The van der Waals surface area contributed by atoms with Crippen LogP contribution in [0, 0.1) is 5.41 Å². The second kappa shape index (κ2) is 11.4. The number of amides is 2. The number of carboxylic acid groups (broad SMARTS) is 2. The highest BCUT2D eigenvalue weighted by molar-refractivity contribution is 8.00. The lowest BCUT2D eigenvalue weighted by Gasteiger charge is -2.56. The van der Waals surface area contributed by atoms with Crippen molar-refractivity contribution in [3.05, 3.63) is 50.0 Å². The minimum Gasteiger partial charge on any atom is -0.481 e. The molecule has 2 aliphatic heterocycles. The lowest BCUT2D eigenvalue weighted by atomic mass is 9.89. The summed E-state index contributed by atoms with van der Waals surface area (Å²) in [5, 5.41) is 25.4. The molecule has 2 fully saturated rings. The van der Waals surface area contributed by atoms with E-state index in [2.05, 4.69) is 10.2 Å². The smallest absolute Gasteiger partial charge is 0.330 e. The molecule has 0 bridgehead atoms.